The highest BCUT2D eigenvalue weighted by Gasteiger charge is 2.34. The van der Waals surface area contributed by atoms with E-state index in [-0.39, 0.29) is 0 Å². The van der Waals surface area contributed by atoms with Gasteiger partial charge in [0.1, 0.15) is 0 Å². The molecule has 2 nitrogen and oxygen atoms in total. The van der Waals surface area contributed by atoms with Crippen molar-refractivity contribution in [1.82, 2.24) is 4.90 Å². The summed E-state index contributed by atoms with van der Waals surface area (Å²) in [6.45, 7) is 9.35. The lowest BCUT2D eigenvalue weighted by atomic mass is 9.83. The van der Waals surface area contributed by atoms with E-state index in [0.29, 0.717) is 30.2 Å². The van der Waals surface area contributed by atoms with Crippen LogP contribution in [0.2, 0.25) is 0 Å². The third kappa shape index (κ3) is 3.74. The molecule has 1 heterocycles. The Morgan fingerprint density at radius 2 is 1.87 bits per heavy atom. The molecule has 0 saturated carbocycles. The van der Waals surface area contributed by atoms with Gasteiger partial charge in [0, 0.05) is 17.8 Å². The maximum absolute atomic E-state index is 6.29. The van der Waals surface area contributed by atoms with Crippen LogP contribution in [0.5, 0.6) is 0 Å². The van der Waals surface area contributed by atoms with E-state index in [1.807, 2.05) is 0 Å². The predicted octanol–water partition coefficient (Wildman–Crippen LogP) is 5.22. The minimum absolute atomic E-state index is 0.350. The number of allylic oxidation sites excluding steroid dienone is 4. The minimum atomic E-state index is 0.350. The third-order valence-corrected chi connectivity index (χ3v) is 5.57. The van der Waals surface area contributed by atoms with Crippen LogP contribution in [-0.2, 0) is 4.74 Å². The molecule has 23 heavy (non-hydrogen) atoms. The van der Waals surface area contributed by atoms with Crippen molar-refractivity contribution in [3.05, 3.63) is 35.6 Å². The molecule has 0 fully saturated rings. The van der Waals surface area contributed by atoms with Crippen molar-refractivity contribution >= 4 is 0 Å². The van der Waals surface area contributed by atoms with Crippen LogP contribution < -0.4 is 0 Å². The topological polar surface area (TPSA) is 12.5 Å². The van der Waals surface area contributed by atoms with Gasteiger partial charge in [0.2, 0.25) is 0 Å². The first-order chi connectivity index (χ1) is 11.1. The molecule has 0 amide bonds. The molecular formula is C21H33NO. The average Bonchev–Trinajstić information content (AvgIpc) is 3.00. The van der Waals surface area contributed by atoms with Gasteiger partial charge in [-0.2, -0.15) is 0 Å². The summed E-state index contributed by atoms with van der Waals surface area (Å²) in [5.41, 5.74) is 3.20. The standard InChI is InChI=1S/C21H33NO/c1-15(2)22-19(14-17(4)23-20-10-5-6-11-20)13-12-18-9-7-8-16(3)21(18)22/h5-7,9,15-17,19-20H,8,10-14H2,1-4H3. The zero-order valence-corrected chi connectivity index (χ0v) is 15.3. The van der Waals surface area contributed by atoms with E-state index in [1.165, 1.54) is 19.3 Å². The summed E-state index contributed by atoms with van der Waals surface area (Å²) in [6.07, 6.45) is 17.1. The van der Waals surface area contributed by atoms with Gasteiger partial charge in [-0.25, -0.2) is 0 Å². The van der Waals surface area contributed by atoms with Gasteiger partial charge in [-0.1, -0.05) is 31.2 Å². The fraction of sp³-hybridized carbons (Fsp3) is 0.714. The number of rotatable bonds is 5. The van der Waals surface area contributed by atoms with E-state index in [2.05, 4.69) is 56.9 Å². The molecule has 0 bridgehead atoms. The first-order valence-corrected chi connectivity index (χ1v) is 9.54. The molecular weight excluding hydrogens is 282 g/mol. The Hall–Kier alpha value is -1.02. The molecule has 3 rings (SSSR count). The third-order valence-electron chi connectivity index (χ3n) is 5.57. The summed E-state index contributed by atoms with van der Waals surface area (Å²) in [4.78, 5) is 2.72. The van der Waals surface area contributed by atoms with Crippen molar-refractivity contribution in [2.24, 2.45) is 5.92 Å². The lowest BCUT2D eigenvalue weighted by Crippen LogP contribution is -2.46. The Morgan fingerprint density at radius 3 is 2.57 bits per heavy atom. The van der Waals surface area contributed by atoms with Crippen molar-refractivity contribution in [3.63, 3.8) is 0 Å². The van der Waals surface area contributed by atoms with Crippen molar-refractivity contribution in [2.45, 2.75) is 90.5 Å². The molecule has 0 radical (unpaired) electrons. The van der Waals surface area contributed by atoms with Crippen molar-refractivity contribution in [2.75, 3.05) is 0 Å². The van der Waals surface area contributed by atoms with Gasteiger partial charge in [-0.05, 0) is 70.8 Å². The van der Waals surface area contributed by atoms with Gasteiger partial charge >= 0.3 is 0 Å². The van der Waals surface area contributed by atoms with Gasteiger partial charge in [0.05, 0.1) is 12.2 Å². The fourth-order valence-corrected chi connectivity index (χ4v) is 4.62. The molecule has 3 atom stereocenters. The Kier molecular flexibility index (Phi) is 5.31. The number of nitrogens with zero attached hydrogens (tertiary/aromatic N) is 1. The van der Waals surface area contributed by atoms with E-state index >= 15 is 0 Å². The van der Waals surface area contributed by atoms with Crippen LogP contribution in [0.1, 0.15) is 66.2 Å². The summed E-state index contributed by atoms with van der Waals surface area (Å²) in [7, 11) is 0. The highest BCUT2D eigenvalue weighted by atomic mass is 16.5. The molecule has 3 unspecified atom stereocenters. The maximum Gasteiger partial charge on any atom is 0.0647 e. The summed E-state index contributed by atoms with van der Waals surface area (Å²) in [5.74, 6) is 0.662. The lowest BCUT2D eigenvalue weighted by Gasteiger charge is -2.47. The molecule has 0 spiro atoms. The van der Waals surface area contributed by atoms with Crippen LogP contribution in [0, 0.1) is 5.92 Å². The van der Waals surface area contributed by atoms with Gasteiger partial charge < -0.3 is 9.64 Å². The quantitative estimate of drug-likeness (QED) is 0.645. The largest absolute Gasteiger partial charge is 0.375 e. The van der Waals surface area contributed by atoms with Gasteiger partial charge in [0.25, 0.3) is 0 Å². The summed E-state index contributed by atoms with van der Waals surface area (Å²) >= 11 is 0. The zero-order valence-electron chi connectivity index (χ0n) is 15.3. The first kappa shape index (κ1) is 16.8. The van der Waals surface area contributed by atoms with Crippen LogP contribution in [0.3, 0.4) is 0 Å². The number of hydrogen-bond donors (Lipinski definition) is 0. The van der Waals surface area contributed by atoms with Gasteiger partial charge in [-0.3, -0.25) is 0 Å². The van der Waals surface area contributed by atoms with Crippen molar-refractivity contribution < 1.29 is 4.74 Å². The Morgan fingerprint density at radius 1 is 1.13 bits per heavy atom. The second-order valence-electron chi connectivity index (χ2n) is 7.89. The maximum atomic E-state index is 6.29. The number of ether oxygens (including phenoxy) is 1. The van der Waals surface area contributed by atoms with Gasteiger partial charge in [0.15, 0.2) is 0 Å². The van der Waals surface area contributed by atoms with E-state index < -0.39 is 0 Å². The monoisotopic (exact) mass is 315 g/mol. The van der Waals surface area contributed by atoms with E-state index in [1.54, 1.807) is 11.3 Å². The van der Waals surface area contributed by atoms with E-state index in [9.17, 15) is 0 Å². The highest BCUT2D eigenvalue weighted by Crippen LogP contribution is 2.39. The van der Waals surface area contributed by atoms with Crippen molar-refractivity contribution in [1.29, 1.82) is 0 Å². The first-order valence-electron chi connectivity index (χ1n) is 9.54. The van der Waals surface area contributed by atoms with Crippen molar-refractivity contribution in [3.8, 4) is 0 Å². The van der Waals surface area contributed by atoms with Crippen LogP contribution >= 0.6 is 0 Å². The predicted molar refractivity (Wildman–Crippen MR) is 97.3 cm³/mol. The second-order valence-corrected chi connectivity index (χ2v) is 7.89. The van der Waals surface area contributed by atoms with Gasteiger partial charge in [-0.15, -0.1) is 0 Å². The van der Waals surface area contributed by atoms with Crippen LogP contribution in [0.25, 0.3) is 0 Å². The number of hydrogen-bond acceptors (Lipinski definition) is 2. The normalized spacial score (nSPS) is 29.5. The van der Waals surface area contributed by atoms with Crippen LogP contribution in [0.15, 0.2) is 35.6 Å². The molecule has 2 heteroatoms. The lowest BCUT2D eigenvalue weighted by molar-refractivity contribution is -0.0161. The molecule has 128 valence electrons. The Balaban J connectivity index is 1.69. The molecule has 0 N–H and O–H groups in total. The van der Waals surface area contributed by atoms with E-state index in [4.69, 9.17) is 4.74 Å². The highest BCUT2D eigenvalue weighted by molar-refractivity contribution is 5.33. The summed E-state index contributed by atoms with van der Waals surface area (Å²) < 4.78 is 6.29. The second kappa shape index (κ2) is 7.25. The zero-order chi connectivity index (χ0) is 16.4. The summed E-state index contributed by atoms with van der Waals surface area (Å²) in [6, 6.07) is 1.20. The Labute approximate surface area is 142 Å². The molecule has 0 saturated heterocycles. The smallest absolute Gasteiger partial charge is 0.0647 e. The van der Waals surface area contributed by atoms with E-state index in [0.717, 1.165) is 19.3 Å². The molecule has 1 aliphatic heterocycles. The Bertz CT molecular complexity index is 494. The minimum Gasteiger partial charge on any atom is -0.375 e. The SMILES string of the molecule is CC(CC1CCC2=C(C(C)CC=C2)N1C(C)C)OC1CC=CC1. The molecule has 3 aliphatic rings. The molecule has 0 aromatic rings. The van der Waals surface area contributed by atoms with Crippen LogP contribution in [0.4, 0.5) is 0 Å². The summed E-state index contributed by atoms with van der Waals surface area (Å²) in [5, 5.41) is 0. The molecule has 0 aromatic carbocycles. The molecule has 2 aliphatic carbocycles. The molecule has 0 aromatic heterocycles. The average molecular weight is 316 g/mol. The van der Waals surface area contributed by atoms with Crippen LogP contribution in [-0.4, -0.2) is 29.2 Å². The fourth-order valence-electron chi connectivity index (χ4n) is 4.62.